The van der Waals surface area contributed by atoms with Crippen LogP contribution in [0.1, 0.15) is 25.1 Å². The predicted octanol–water partition coefficient (Wildman–Crippen LogP) is 3.20. The lowest BCUT2D eigenvalue weighted by atomic mass is 10.2. The van der Waals surface area contributed by atoms with Gasteiger partial charge in [-0.05, 0) is 31.1 Å². The van der Waals surface area contributed by atoms with Crippen molar-refractivity contribution < 1.29 is 4.79 Å². The summed E-state index contributed by atoms with van der Waals surface area (Å²) in [5, 5.41) is 15.6. The van der Waals surface area contributed by atoms with Gasteiger partial charge in [0, 0.05) is 24.4 Å². The summed E-state index contributed by atoms with van der Waals surface area (Å²) in [6.07, 6.45) is 4.87. The highest BCUT2D eigenvalue weighted by Gasteiger charge is 2.13. The van der Waals surface area contributed by atoms with Gasteiger partial charge in [-0.25, -0.2) is 0 Å². The fourth-order valence-corrected chi connectivity index (χ4v) is 2.77. The number of aromatic nitrogens is 5. The molecule has 25 heavy (non-hydrogen) atoms. The molecule has 3 heterocycles. The van der Waals surface area contributed by atoms with Crippen molar-refractivity contribution in [2.45, 2.75) is 27.3 Å². The number of rotatable bonds is 5. The Morgan fingerprint density at radius 1 is 1.36 bits per heavy atom. The van der Waals surface area contributed by atoms with Gasteiger partial charge in [-0.1, -0.05) is 31.5 Å². The highest BCUT2D eigenvalue weighted by molar-refractivity contribution is 6.31. The van der Waals surface area contributed by atoms with Crippen molar-refractivity contribution in [2.75, 3.05) is 5.32 Å². The Kier molecular flexibility index (Phi) is 4.85. The fraction of sp³-hybridized carbons (Fsp3) is 0.294. The molecule has 0 saturated carbocycles. The van der Waals surface area contributed by atoms with Crippen LogP contribution in [-0.2, 0) is 11.3 Å². The molecule has 0 saturated heterocycles. The molecule has 0 unspecified atom stereocenters. The molecule has 0 aliphatic rings. The summed E-state index contributed by atoms with van der Waals surface area (Å²) < 4.78 is 3.45. The average Bonchev–Trinajstić information content (AvgIpc) is 3.07. The molecule has 0 spiro atoms. The third kappa shape index (κ3) is 3.71. The maximum absolute atomic E-state index is 12.2. The smallest absolute Gasteiger partial charge is 0.250 e. The lowest BCUT2D eigenvalue weighted by Gasteiger charge is -2.05. The predicted molar refractivity (Wildman–Crippen MR) is 97.5 cm³/mol. The molecule has 0 aromatic carbocycles. The second-order valence-electron chi connectivity index (χ2n) is 6.14. The van der Waals surface area contributed by atoms with Gasteiger partial charge in [-0.15, -0.1) is 10.2 Å². The summed E-state index contributed by atoms with van der Waals surface area (Å²) in [5.74, 6) is 0.479. The summed E-state index contributed by atoms with van der Waals surface area (Å²) in [6.45, 7) is 6.79. The van der Waals surface area contributed by atoms with E-state index in [0.717, 1.165) is 17.8 Å². The van der Waals surface area contributed by atoms with Gasteiger partial charge in [-0.3, -0.25) is 19.2 Å². The molecule has 0 fully saturated rings. The molecule has 0 aliphatic heterocycles. The Morgan fingerprint density at radius 3 is 2.92 bits per heavy atom. The van der Waals surface area contributed by atoms with Crippen molar-refractivity contribution >= 4 is 35.2 Å². The number of carbonyl (C=O) groups excluding carboxylic acids is 1. The number of nitrogens with one attached hydrogen (secondary N) is 1. The lowest BCUT2D eigenvalue weighted by Crippen LogP contribution is -2.10. The van der Waals surface area contributed by atoms with E-state index in [2.05, 4.69) is 34.5 Å². The van der Waals surface area contributed by atoms with Crippen molar-refractivity contribution in [1.82, 2.24) is 24.4 Å². The van der Waals surface area contributed by atoms with Gasteiger partial charge in [0.1, 0.15) is 5.15 Å². The maximum atomic E-state index is 12.2. The van der Waals surface area contributed by atoms with Crippen LogP contribution in [-0.4, -0.2) is 30.3 Å². The maximum Gasteiger partial charge on any atom is 0.250 e. The number of pyridine rings is 1. The third-order valence-electron chi connectivity index (χ3n) is 3.60. The van der Waals surface area contributed by atoms with Crippen LogP contribution in [0, 0.1) is 12.8 Å². The zero-order valence-corrected chi connectivity index (χ0v) is 15.0. The van der Waals surface area contributed by atoms with E-state index in [-0.39, 0.29) is 5.91 Å². The molecule has 8 heteroatoms. The number of aryl methyl sites for hydroxylation is 1. The second kappa shape index (κ2) is 7.06. The van der Waals surface area contributed by atoms with Crippen molar-refractivity contribution in [2.24, 2.45) is 5.92 Å². The average molecular weight is 359 g/mol. The number of hydrogen-bond acceptors (Lipinski definition) is 4. The zero-order valence-electron chi connectivity index (χ0n) is 14.3. The first kappa shape index (κ1) is 17.2. The van der Waals surface area contributed by atoms with Crippen LogP contribution in [0.25, 0.3) is 11.7 Å². The number of carbonyl (C=O) groups is 1. The van der Waals surface area contributed by atoms with Crippen LogP contribution in [0.2, 0.25) is 5.15 Å². The summed E-state index contributed by atoms with van der Waals surface area (Å²) in [5.41, 5.74) is 2.18. The number of fused-ring (bicyclic) bond motifs is 1. The minimum atomic E-state index is -0.315. The summed E-state index contributed by atoms with van der Waals surface area (Å²) in [4.78, 5) is 12.2. The molecule has 0 radical (unpaired) electrons. The first-order chi connectivity index (χ1) is 12.0. The van der Waals surface area contributed by atoms with Crippen LogP contribution in [0.15, 0.2) is 30.5 Å². The van der Waals surface area contributed by atoms with Crippen molar-refractivity contribution in [3.05, 3.63) is 46.9 Å². The second-order valence-corrected chi connectivity index (χ2v) is 6.50. The van der Waals surface area contributed by atoms with Crippen LogP contribution in [0.4, 0.5) is 5.95 Å². The molecule has 7 nitrogen and oxygen atoms in total. The molecule has 3 aromatic rings. The number of amides is 1. The van der Waals surface area contributed by atoms with Gasteiger partial charge in [0.25, 0.3) is 5.91 Å². The number of anilines is 1. The minimum absolute atomic E-state index is 0.315. The highest BCUT2D eigenvalue weighted by atomic mass is 35.5. The number of nitrogens with zero attached hydrogens (tertiary/aromatic N) is 5. The summed E-state index contributed by atoms with van der Waals surface area (Å²) in [6, 6.07) is 5.51. The largest absolute Gasteiger partial charge is 0.291 e. The Balaban J connectivity index is 1.76. The van der Waals surface area contributed by atoms with Gasteiger partial charge in [0.15, 0.2) is 5.65 Å². The van der Waals surface area contributed by atoms with E-state index >= 15 is 0 Å². The van der Waals surface area contributed by atoms with E-state index in [0.29, 0.717) is 22.7 Å². The van der Waals surface area contributed by atoms with Gasteiger partial charge >= 0.3 is 0 Å². The number of halogens is 1. The van der Waals surface area contributed by atoms with E-state index in [9.17, 15) is 4.79 Å². The monoisotopic (exact) mass is 358 g/mol. The molecule has 0 aliphatic carbocycles. The molecular formula is C17H19ClN6O. The minimum Gasteiger partial charge on any atom is -0.291 e. The normalized spacial score (nSPS) is 11.7. The Labute approximate surface area is 150 Å². The van der Waals surface area contributed by atoms with Gasteiger partial charge < -0.3 is 0 Å². The van der Waals surface area contributed by atoms with E-state index < -0.39 is 0 Å². The van der Waals surface area contributed by atoms with Crippen molar-refractivity contribution in [3.63, 3.8) is 0 Å². The van der Waals surface area contributed by atoms with Crippen molar-refractivity contribution in [3.8, 4) is 0 Å². The summed E-state index contributed by atoms with van der Waals surface area (Å²) >= 11 is 6.37. The third-order valence-corrected chi connectivity index (χ3v) is 4.00. The highest BCUT2D eigenvalue weighted by Crippen LogP contribution is 2.22. The first-order valence-electron chi connectivity index (χ1n) is 7.97. The van der Waals surface area contributed by atoms with E-state index in [1.807, 2.05) is 25.1 Å². The molecular weight excluding hydrogens is 340 g/mol. The van der Waals surface area contributed by atoms with Gasteiger partial charge in [-0.2, -0.15) is 5.10 Å². The molecule has 3 rings (SSSR count). The van der Waals surface area contributed by atoms with Crippen LogP contribution >= 0.6 is 11.6 Å². The van der Waals surface area contributed by atoms with Crippen LogP contribution in [0.3, 0.4) is 0 Å². The molecule has 0 atom stereocenters. The van der Waals surface area contributed by atoms with E-state index in [4.69, 9.17) is 11.6 Å². The molecule has 1 N–H and O–H groups in total. The quantitative estimate of drug-likeness (QED) is 0.710. The molecule has 3 aromatic heterocycles. The summed E-state index contributed by atoms with van der Waals surface area (Å²) in [7, 11) is 0. The van der Waals surface area contributed by atoms with E-state index in [1.165, 1.54) is 6.08 Å². The molecule has 130 valence electrons. The van der Waals surface area contributed by atoms with E-state index in [1.54, 1.807) is 21.4 Å². The first-order valence-corrected chi connectivity index (χ1v) is 8.35. The Bertz CT molecular complexity index is 940. The SMILES string of the molecule is Cc1nn(CC(C)C)c(Cl)c1/C=C/C(=O)Nc1nnc2ccccn12. The number of hydrogen-bond donors (Lipinski definition) is 1. The van der Waals surface area contributed by atoms with Crippen molar-refractivity contribution in [1.29, 1.82) is 0 Å². The lowest BCUT2D eigenvalue weighted by molar-refractivity contribution is -0.111. The molecule has 0 bridgehead atoms. The van der Waals surface area contributed by atoms with Crippen LogP contribution in [0.5, 0.6) is 0 Å². The van der Waals surface area contributed by atoms with Gasteiger partial charge in [0.05, 0.1) is 5.69 Å². The molecule has 1 amide bonds. The Morgan fingerprint density at radius 2 is 2.16 bits per heavy atom. The topological polar surface area (TPSA) is 77.1 Å². The van der Waals surface area contributed by atoms with Crippen LogP contribution < -0.4 is 5.32 Å². The fourth-order valence-electron chi connectivity index (χ4n) is 2.46. The Hall–Kier alpha value is -2.67. The van der Waals surface area contributed by atoms with Gasteiger partial charge in [0.2, 0.25) is 5.95 Å². The standard InChI is InChI=1S/C17H19ClN6O/c1-11(2)10-24-16(18)13(12(3)22-24)7-8-15(25)19-17-21-20-14-6-4-5-9-23(14)17/h4-9,11H,10H2,1-3H3,(H,19,21,25)/b8-7+. The zero-order chi connectivity index (χ0) is 18.0.